The molecular formula is C13H16N4O. The molecule has 0 unspecified atom stereocenters. The fourth-order valence-corrected chi connectivity index (χ4v) is 1.89. The number of β-amino-alcohol motifs (C(OH)–C–C–N with tert-alkyl or cyclic N) is 1. The van der Waals surface area contributed by atoms with Gasteiger partial charge >= 0.3 is 0 Å². The van der Waals surface area contributed by atoms with Gasteiger partial charge in [0, 0.05) is 31.4 Å². The molecule has 0 saturated carbocycles. The topological polar surface area (TPSA) is 65.1 Å². The first-order valence-electron chi connectivity index (χ1n) is 5.77. The zero-order valence-electron chi connectivity index (χ0n) is 10.3. The van der Waals surface area contributed by atoms with E-state index in [1.54, 1.807) is 0 Å². The number of hydrogen-bond acceptors (Lipinski definition) is 4. The van der Waals surface area contributed by atoms with Crippen LogP contribution in [-0.4, -0.2) is 44.8 Å². The SMILES string of the molecule is C#C/C=C\C(=N)n1cc(CN2CC(O)C2)c(C)n1. The van der Waals surface area contributed by atoms with Crippen molar-refractivity contribution in [3.63, 3.8) is 0 Å². The summed E-state index contributed by atoms with van der Waals surface area (Å²) in [4.78, 5) is 2.14. The van der Waals surface area contributed by atoms with E-state index < -0.39 is 0 Å². The van der Waals surface area contributed by atoms with Gasteiger partial charge in [-0.3, -0.25) is 10.3 Å². The summed E-state index contributed by atoms with van der Waals surface area (Å²) in [5.41, 5.74) is 1.97. The molecule has 0 aromatic carbocycles. The zero-order chi connectivity index (χ0) is 13.1. The highest BCUT2D eigenvalue weighted by Gasteiger charge is 2.25. The largest absolute Gasteiger partial charge is 0.390 e. The van der Waals surface area contributed by atoms with Gasteiger partial charge in [0.2, 0.25) is 0 Å². The highest BCUT2D eigenvalue weighted by Crippen LogP contribution is 2.15. The lowest BCUT2D eigenvalue weighted by Gasteiger charge is -2.35. The van der Waals surface area contributed by atoms with Crippen molar-refractivity contribution >= 4 is 5.84 Å². The lowest BCUT2D eigenvalue weighted by Crippen LogP contribution is -2.49. The second-order valence-corrected chi connectivity index (χ2v) is 4.42. The van der Waals surface area contributed by atoms with Crippen molar-refractivity contribution < 1.29 is 5.11 Å². The number of nitrogens with zero attached hydrogens (tertiary/aromatic N) is 3. The number of aliphatic hydroxyl groups excluding tert-OH is 1. The maximum absolute atomic E-state index is 9.23. The summed E-state index contributed by atoms with van der Waals surface area (Å²) in [6.07, 6.45) is 9.75. The molecule has 5 nitrogen and oxygen atoms in total. The summed E-state index contributed by atoms with van der Waals surface area (Å²) in [5.74, 6) is 2.59. The van der Waals surface area contributed by atoms with Crippen molar-refractivity contribution in [2.75, 3.05) is 13.1 Å². The number of nitrogens with one attached hydrogen (secondary N) is 1. The van der Waals surface area contributed by atoms with Crippen LogP contribution in [0.2, 0.25) is 0 Å². The van der Waals surface area contributed by atoms with E-state index in [1.165, 1.54) is 16.8 Å². The molecule has 0 bridgehead atoms. The molecule has 1 saturated heterocycles. The number of aromatic nitrogens is 2. The average molecular weight is 244 g/mol. The lowest BCUT2D eigenvalue weighted by atomic mass is 10.1. The van der Waals surface area contributed by atoms with E-state index in [-0.39, 0.29) is 11.9 Å². The minimum Gasteiger partial charge on any atom is -0.390 e. The molecule has 18 heavy (non-hydrogen) atoms. The highest BCUT2D eigenvalue weighted by atomic mass is 16.3. The van der Waals surface area contributed by atoms with Gasteiger partial charge < -0.3 is 5.11 Å². The Labute approximate surface area is 106 Å². The first kappa shape index (κ1) is 12.6. The predicted octanol–water partition coefficient (Wildman–Crippen LogP) is 0.383. The van der Waals surface area contributed by atoms with Crippen LogP contribution in [0.25, 0.3) is 0 Å². The van der Waals surface area contributed by atoms with E-state index >= 15 is 0 Å². The molecule has 1 aromatic rings. The zero-order valence-corrected chi connectivity index (χ0v) is 10.3. The van der Waals surface area contributed by atoms with Crippen LogP contribution in [0.1, 0.15) is 11.3 Å². The quantitative estimate of drug-likeness (QED) is 0.459. The molecule has 0 spiro atoms. The first-order chi connectivity index (χ1) is 8.60. The molecule has 5 heteroatoms. The van der Waals surface area contributed by atoms with Crippen LogP contribution < -0.4 is 0 Å². The standard InChI is InChI=1S/C13H16N4O/c1-3-4-5-13(14)17-7-11(10(2)15-17)6-16-8-12(18)9-16/h1,4-5,7,12,14,18H,6,8-9H2,2H3/b5-4-,14-13?. The second-order valence-electron chi connectivity index (χ2n) is 4.42. The van der Waals surface area contributed by atoms with Gasteiger partial charge in [-0.05, 0) is 19.1 Å². The molecule has 1 fully saturated rings. The number of aliphatic hydroxyl groups is 1. The van der Waals surface area contributed by atoms with E-state index in [9.17, 15) is 5.11 Å². The fourth-order valence-electron chi connectivity index (χ4n) is 1.89. The molecule has 0 amide bonds. The van der Waals surface area contributed by atoms with Crippen LogP contribution in [0.3, 0.4) is 0 Å². The molecule has 0 atom stereocenters. The minimum atomic E-state index is -0.197. The Balaban J connectivity index is 2.05. The third-order valence-corrected chi connectivity index (χ3v) is 2.92. The Morgan fingerprint density at radius 3 is 3.06 bits per heavy atom. The average Bonchev–Trinajstić information content (AvgIpc) is 2.66. The van der Waals surface area contributed by atoms with Crippen molar-refractivity contribution in [2.45, 2.75) is 19.6 Å². The van der Waals surface area contributed by atoms with E-state index in [2.05, 4.69) is 15.9 Å². The van der Waals surface area contributed by atoms with Gasteiger partial charge in [0.25, 0.3) is 0 Å². The van der Waals surface area contributed by atoms with Gasteiger partial charge in [0.1, 0.15) is 5.84 Å². The monoisotopic (exact) mass is 244 g/mol. The molecule has 2 heterocycles. The van der Waals surface area contributed by atoms with Gasteiger partial charge in [-0.15, -0.1) is 6.42 Å². The van der Waals surface area contributed by atoms with Crippen LogP contribution in [0.5, 0.6) is 0 Å². The molecule has 1 aliphatic rings. The molecule has 0 aliphatic carbocycles. The Morgan fingerprint density at radius 1 is 1.72 bits per heavy atom. The number of rotatable bonds is 3. The number of hydrogen-bond donors (Lipinski definition) is 2. The minimum absolute atomic E-state index is 0.197. The van der Waals surface area contributed by atoms with E-state index in [4.69, 9.17) is 11.8 Å². The van der Waals surface area contributed by atoms with E-state index in [1.807, 2.05) is 13.1 Å². The van der Waals surface area contributed by atoms with Gasteiger partial charge in [0.15, 0.2) is 0 Å². The number of aryl methyl sites for hydroxylation is 1. The Morgan fingerprint density at radius 2 is 2.44 bits per heavy atom. The third kappa shape index (κ3) is 2.67. The van der Waals surface area contributed by atoms with Crippen LogP contribution in [0.15, 0.2) is 18.3 Å². The number of allylic oxidation sites excluding steroid dienone is 2. The van der Waals surface area contributed by atoms with Crippen LogP contribution in [0.4, 0.5) is 0 Å². The van der Waals surface area contributed by atoms with Crippen LogP contribution >= 0.6 is 0 Å². The molecule has 1 aromatic heterocycles. The van der Waals surface area contributed by atoms with Crippen molar-refractivity contribution in [2.24, 2.45) is 0 Å². The molecule has 2 N–H and O–H groups in total. The Hall–Kier alpha value is -1.90. The highest BCUT2D eigenvalue weighted by molar-refractivity contribution is 5.91. The van der Waals surface area contributed by atoms with Crippen molar-refractivity contribution in [1.82, 2.24) is 14.7 Å². The van der Waals surface area contributed by atoms with Crippen molar-refractivity contribution in [1.29, 1.82) is 5.41 Å². The number of likely N-dealkylation sites (tertiary alicyclic amines) is 1. The summed E-state index contributed by atoms with van der Waals surface area (Å²) >= 11 is 0. The van der Waals surface area contributed by atoms with Gasteiger partial charge in [0.05, 0.1) is 11.8 Å². The summed E-state index contributed by atoms with van der Waals surface area (Å²) in [7, 11) is 0. The second kappa shape index (κ2) is 5.17. The normalized spacial score (nSPS) is 16.7. The van der Waals surface area contributed by atoms with E-state index in [0.29, 0.717) is 13.1 Å². The third-order valence-electron chi connectivity index (χ3n) is 2.92. The van der Waals surface area contributed by atoms with Gasteiger partial charge in [-0.25, -0.2) is 4.68 Å². The van der Waals surface area contributed by atoms with E-state index in [0.717, 1.165) is 17.8 Å². The van der Waals surface area contributed by atoms with Crippen molar-refractivity contribution in [3.05, 3.63) is 29.6 Å². The number of terminal acetylenes is 1. The molecule has 2 rings (SSSR count). The van der Waals surface area contributed by atoms with Gasteiger partial charge in [-0.2, -0.15) is 5.10 Å². The predicted molar refractivity (Wildman–Crippen MR) is 69.3 cm³/mol. The maximum Gasteiger partial charge on any atom is 0.146 e. The molecular weight excluding hydrogens is 228 g/mol. The van der Waals surface area contributed by atoms with Crippen LogP contribution in [0, 0.1) is 24.7 Å². The Bertz CT molecular complexity index is 518. The smallest absolute Gasteiger partial charge is 0.146 e. The first-order valence-corrected chi connectivity index (χ1v) is 5.77. The summed E-state index contributed by atoms with van der Waals surface area (Å²) in [6, 6.07) is 0. The summed E-state index contributed by atoms with van der Waals surface area (Å²) in [5, 5.41) is 21.3. The fraction of sp³-hybridized carbons (Fsp3) is 0.385. The van der Waals surface area contributed by atoms with Crippen LogP contribution in [-0.2, 0) is 6.54 Å². The Kier molecular flexibility index (Phi) is 3.60. The molecule has 94 valence electrons. The molecule has 1 aliphatic heterocycles. The van der Waals surface area contributed by atoms with Gasteiger partial charge in [-0.1, -0.05) is 5.92 Å². The molecule has 0 radical (unpaired) electrons. The summed E-state index contributed by atoms with van der Waals surface area (Å²) < 4.78 is 1.51. The lowest BCUT2D eigenvalue weighted by molar-refractivity contribution is -0.00297. The maximum atomic E-state index is 9.23. The summed E-state index contributed by atoms with van der Waals surface area (Å²) in [6.45, 7) is 4.09. The van der Waals surface area contributed by atoms with Crippen molar-refractivity contribution in [3.8, 4) is 12.3 Å².